The van der Waals surface area contributed by atoms with Crippen molar-refractivity contribution in [3.05, 3.63) is 77.2 Å². The normalized spacial score (nSPS) is 9.85. The van der Waals surface area contributed by atoms with Gasteiger partial charge in [-0.05, 0) is 24.3 Å². The van der Waals surface area contributed by atoms with Crippen molar-refractivity contribution in [2.24, 2.45) is 5.73 Å². The number of aromatic nitrogens is 2. The van der Waals surface area contributed by atoms with Gasteiger partial charge in [-0.1, -0.05) is 41.9 Å². The Kier molecular flexibility index (Phi) is 7.51. The van der Waals surface area contributed by atoms with Crippen molar-refractivity contribution in [3.8, 4) is 11.3 Å². The number of halogens is 2. The standard InChI is InChI=1S/C13H13FN4O2.C6H5Cl/c14-9-3-1-2-8(6-9)12-10(7-17-18-12)13(20)16-5-4-11(15)19;7-6-4-2-1-3-5-6/h1-3,6-7H,4-5H2,(H2,15,19)(H,16,20)(H,17,18);1-5H. The van der Waals surface area contributed by atoms with E-state index in [1.54, 1.807) is 12.1 Å². The summed E-state index contributed by atoms with van der Waals surface area (Å²) >= 11 is 5.54. The summed E-state index contributed by atoms with van der Waals surface area (Å²) in [5.41, 5.74) is 6.20. The lowest BCUT2D eigenvalue weighted by molar-refractivity contribution is -0.117. The van der Waals surface area contributed by atoms with Crippen LogP contribution in [0.3, 0.4) is 0 Å². The second kappa shape index (κ2) is 10.1. The van der Waals surface area contributed by atoms with Gasteiger partial charge in [0.25, 0.3) is 5.91 Å². The Bertz CT molecular complexity index is 899. The van der Waals surface area contributed by atoms with Crippen LogP contribution in [0.4, 0.5) is 4.39 Å². The molecule has 0 saturated carbocycles. The molecule has 4 N–H and O–H groups in total. The topological polar surface area (TPSA) is 101 Å². The second-order valence-electron chi connectivity index (χ2n) is 5.44. The van der Waals surface area contributed by atoms with Crippen molar-refractivity contribution in [1.82, 2.24) is 15.5 Å². The van der Waals surface area contributed by atoms with Gasteiger partial charge in [-0.2, -0.15) is 5.10 Å². The molecule has 1 heterocycles. The maximum absolute atomic E-state index is 13.2. The molecule has 2 aromatic carbocycles. The molecule has 6 nitrogen and oxygen atoms in total. The summed E-state index contributed by atoms with van der Waals surface area (Å²) < 4.78 is 13.2. The van der Waals surface area contributed by atoms with Crippen LogP contribution in [-0.2, 0) is 4.79 Å². The highest BCUT2D eigenvalue weighted by molar-refractivity contribution is 6.30. The molecule has 2 amide bonds. The van der Waals surface area contributed by atoms with Gasteiger partial charge in [-0.15, -0.1) is 0 Å². The summed E-state index contributed by atoms with van der Waals surface area (Å²) in [5.74, 6) is -1.31. The van der Waals surface area contributed by atoms with Gasteiger partial charge in [0.15, 0.2) is 0 Å². The third-order valence-electron chi connectivity index (χ3n) is 3.39. The van der Waals surface area contributed by atoms with Crippen molar-refractivity contribution < 1.29 is 14.0 Å². The van der Waals surface area contributed by atoms with Crippen molar-refractivity contribution in [1.29, 1.82) is 0 Å². The number of nitrogens with one attached hydrogen (secondary N) is 2. The van der Waals surface area contributed by atoms with Crippen LogP contribution < -0.4 is 11.1 Å². The fraction of sp³-hybridized carbons (Fsp3) is 0.105. The van der Waals surface area contributed by atoms with Gasteiger partial charge in [0.2, 0.25) is 5.91 Å². The average Bonchev–Trinajstić information content (AvgIpc) is 3.12. The first-order valence-electron chi connectivity index (χ1n) is 8.03. The largest absolute Gasteiger partial charge is 0.370 e. The van der Waals surface area contributed by atoms with E-state index in [0.717, 1.165) is 5.02 Å². The van der Waals surface area contributed by atoms with Gasteiger partial charge in [-0.25, -0.2) is 4.39 Å². The first-order valence-corrected chi connectivity index (χ1v) is 8.41. The van der Waals surface area contributed by atoms with E-state index in [2.05, 4.69) is 15.5 Å². The number of rotatable bonds is 5. The van der Waals surface area contributed by atoms with Gasteiger partial charge < -0.3 is 11.1 Å². The maximum Gasteiger partial charge on any atom is 0.255 e. The lowest BCUT2D eigenvalue weighted by Gasteiger charge is -2.05. The molecule has 0 spiro atoms. The third kappa shape index (κ3) is 6.56. The van der Waals surface area contributed by atoms with E-state index in [4.69, 9.17) is 17.3 Å². The van der Waals surface area contributed by atoms with Crippen LogP contribution in [-0.4, -0.2) is 28.6 Å². The van der Waals surface area contributed by atoms with Crippen molar-refractivity contribution in [2.75, 3.05) is 6.54 Å². The van der Waals surface area contributed by atoms with E-state index in [1.165, 1.54) is 18.3 Å². The van der Waals surface area contributed by atoms with E-state index >= 15 is 0 Å². The van der Waals surface area contributed by atoms with Gasteiger partial charge in [0.1, 0.15) is 5.82 Å². The molecule has 0 fully saturated rings. The lowest BCUT2D eigenvalue weighted by Crippen LogP contribution is -2.27. The Morgan fingerprint density at radius 3 is 2.48 bits per heavy atom. The minimum Gasteiger partial charge on any atom is -0.370 e. The first-order chi connectivity index (χ1) is 13.0. The number of carbonyl (C=O) groups excluding carboxylic acids is 2. The fourth-order valence-corrected chi connectivity index (χ4v) is 2.28. The monoisotopic (exact) mass is 388 g/mol. The molecule has 0 saturated heterocycles. The van der Waals surface area contributed by atoms with Crippen molar-refractivity contribution >= 4 is 23.4 Å². The molecule has 27 heavy (non-hydrogen) atoms. The Balaban J connectivity index is 0.000000313. The summed E-state index contributed by atoms with van der Waals surface area (Å²) in [5, 5.41) is 9.79. The summed E-state index contributed by atoms with van der Waals surface area (Å²) in [6, 6.07) is 15.3. The number of H-pyrrole nitrogens is 1. The number of aromatic amines is 1. The van der Waals surface area contributed by atoms with E-state index in [0.29, 0.717) is 11.3 Å². The first kappa shape index (κ1) is 20.1. The number of hydrogen-bond donors (Lipinski definition) is 3. The van der Waals surface area contributed by atoms with Crippen molar-refractivity contribution in [2.45, 2.75) is 6.42 Å². The molecule has 1 aromatic heterocycles. The van der Waals surface area contributed by atoms with Crippen LogP contribution in [0.5, 0.6) is 0 Å². The zero-order valence-electron chi connectivity index (χ0n) is 14.3. The Morgan fingerprint density at radius 2 is 1.89 bits per heavy atom. The maximum atomic E-state index is 13.2. The third-order valence-corrected chi connectivity index (χ3v) is 3.64. The van der Waals surface area contributed by atoms with Crippen LogP contribution in [0.25, 0.3) is 11.3 Å². The smallest absolute Gasteiger partial charge is 0.255 e. The highest BCUT2D eigenvalue weighted by atomic mass is 35.5. The van der Waals surface area contributed by atoms with E-state index in [1.807, 2.05) is 30.3 Å². The van der Waals surface area contributed by atoms with Gasteiger partial charge >= 0.3 is 0 Å². The van der Waals surface area contributed by atoms with Crippen LogP contribution in [0, 0.1) is 5.82 Å². The summed E-state index contributed by atoms with van der Waals surface area (Å²) in [6.45, 7) is 0.141. The molecule has 0 bridgehead atoms. The Morgan fingerprint density at radius 1 is 1.15 bits per heavy atom. The highest BCUT2D eigenvalue weighted by Crippen LogP contribution is 2.21. The van der Waals surface area contributed by atoms with Crippen molar-refractivity contribution in [3.63, 3.8) is 0 Å². The zero-order chi connectivity index (χ0) is 19.6. The molecular weight excluding hydrogens is 371 g/mol. The predicted molar refractivity (Wildman–Crippen MR) is 102 cm³/mol. The molecule has 3 aromatic rings. The van der Waals surface area contributed by atoms with E-state index in [-0.39, 0.29) is 18.5 Å². The van der Waals surface area contributed by atoms with E-state index in [9.17, 15) is 14.0 Å². The number of nitrogens with zero attached hydrogens (tertiary/aromatic N) is 1. The molecule has 0 aliphatic rings. The molecule has 3 rings (SSSR count). The number of amides is 2. The van der Waals surface area contributed by atoms with E-state index < -0.39 is 17.6 Å². The van der Waals surface area contributed by atoms with Gasteiger partial charge in [-0.3, -0.25) is 14.7 Å². The molecule has 0 aliphatic heterocycles. The van der Waals surface area contributed by atoms with Gasteiger partial charge in [0.05, 0.1) is 17.5 Å². The minimum atomic E-state index is -0.497. The Hall–Kier alpha value is -3.19. The molecule has 8 heteroatoms. The molecule has 140 valence electrons. The number of carbonyl (C=O) groups is 2. The quantitative estimate of drug-likeness (QED) is 0.625. The van der Waals surface area contributed by atoms with Crippen LogP contribution >= 0.6 is 11.6 Å². The lowest BCUT2D eigenvalue weighted by atomic mass is 10.1. The number of primary amides is 1. The summed E-state index contributed by atoms with van der Waals surface area (Å²) in [7, 11) is 0. The molecule has 0 unspecified atom stereocenters. The van der Waals surface area contributed by atoms with Crippen LogP contribution in [0.2, 0.25) is 5.02 Å². The van der Waals surface area contributed by atoms with Gasteiger partial charge in [0, 0.05) is 23.6 Å². The molecule has 0 aliphatic carbocycles. The predicted octanol–water partition coefficient (Wildman–Crippen LogP) is 3.16. The molecule has 0 atom stereocenters. The SMILES string of the molecule is Clc1ccccc1.NC(=O)CCNC(=O)c1cn[nH]c1-c1cccc(F)c1. The fourth-order valence-electron chi connectivity index (χ4n) is 2.13. The number of benzene rings is 2. The summed E-state index contributed by atoms with van der Waals surface area (Å²) in [6.07, 6.45) is 1.40. The zero-order valence-corrected chi connectivity index (χ0v) is 15.0. The number of nitrogens with two attached hydrogens (primary N) is 1. The van der Waals surface area contributed by atoms with Crippen LogP contribution in [0.15, 0.2) is 60.8 Å². The minimum absolute atomic E-state index is 0.0545. The number of hydrogen-bond acceptors (Lipinski definition) is 3. The second-order valence-corrected chi connectivity index (χ2v) is 5.87. The molecular formula is C19H18ClFN4O2. The molecule has 0 radical (unpaired) electrons. The summed E-state index contributed by atoms with van der Waals surface area (Å²) in [4.78, 5) is 22.6. The Labute approximate surface area is 160 Å². The average molecular weight is 389 g/mol. The van der Waals surface area contributed by atoms with Crippen LogP contribution in [0.1, 0.15) is 16.8 Å². The highest BCUT2D eigenvalue weighted by Gasteiger charge is 2.15.